The molecular weight excluding hydrogens is 308 g/mol. The average Bonchev–Trinajstić information content (AvgIpc) is 2.17. The van der Waals surface area contributed by atoms with Crippen molar-refractivity contribution in [2.45, 2.75) is 0 Å². The molecule has 0 aliphatic carbocycles. The lowest BCUT2D eigenvalue weighted by molar-refractivity contribution is 1.31. The summed E-state index contributed by atoms with van der Waals surface area (Å²) in [7, 11) is 1.86. The third kappa shape index (κ3) is 1.77. The smallest absolute Gasteiger partial charge is 0.126 e. The van der Waals surface area contributed by atoms with Gasteiger partial charge in [0.1, 0.15) is 5.82 Å². The average molecular weight is 316 g/mol. The normalized spacial score (nSPS) is 10.5. The molecule has 1 N–H and O–H groups in total. The van der Waals surface area contributed by atoms with Crippen molar-refractivity contribution in [3.05, 3.63) is 33.3 Å². The van der Waals surface area contributed by atoms with Crippen LogP contribution in [0.15, 0.2) is 33.3 Å². The Balaban J connectivity index is 2.75. The largest absolute Gasteiger partial charge is 0.373 e. The fourth-order valence-corrected chi connectivity index (χ4v) is 2.69. The highest BCUT2D eigenvalue weighted by Crippen LogP contribution is 2.29. The first-order valence-electron chi connectivity index (χ1n) is 4.13. The molecule has 0 saturated heterocycles. The van der Waals surface area contributed by atoms with Crippen molar-refractivity contribution in [2.75, 3.05) is 12.4 Å². The van der Waals surface area contributed by atoms with E-state index < -0.39 is 0 Å². The molecule has 0 aliphatic heterocycles. The SMILES string of the molecule is CNc1cc2c(Br)cc(Br)cc2cn1. The molecule has 1 aromatic heterocycles. The first-order chi connectivity index (χ1) is 6.70. The Morgan fingerprint density at radius 3 is 2.71 bits per heavy atom. The van der Waals surface area contributed by atoms with Crippen LogP contribution in [0.2, 0.25) is 0 Å². The van der Waals surface area contributed by atoms with Gasteiger partial charge in [-0.2, -0.15) is 0 Å². The molecule has 0 spiro atoms. The molecule has 0 amide bonds. The van der Waals surface area contributed by atoms with E-state index in [-0.39, 0.29) is 0 Å². The Morgan fingerprint density at radius 2 is 2.00 bits per heavy atom. The molecule has 2 aromatic rings. The third-order valence-electron chi connectivity index (χ3n) is 2.01. The quantitative estimate of drug-likeness (QED) is 0.865. The minimum atomic E-state index is 0.875. The van der Waals surface area contributed by atoms with Crippen LogP contribution in [0.3, 0.4) is 0 Å². The predicted molar refractivity (Wildman–Crippen MR) is 66.7 cm³/mol. The maximum Gasteiger partial charge on any atom is 0.126 e. The van der Waals surface area contributed by atoms with Crippen LogP contribution in [0.4, 0.5) is 5.82 Å². The molecule has 1 heterocycles. The van der Waals surface area contributed by atoms with Crippen molar-refractivity contribution in [3.8, 4) is 0 Å². The van der Waals surface area contributed by atoms with Gasteiger partial charge in [0.15, 0.2) is 0 Å². The summed E-state index contributed by atoms with van der Waals surface area (Å²) in [4.78, 5) is 4.25. The van der Waals surface area contributed by atoms with Gasteiger partial charge < -0.3 is 5.32 Å². The van der Waals surface area contributed by atoms with Gasteiger partial charge in [-0.05, 0) is 18.2 Å². The number of fused-ring (bicyclic) bond motifs is 1. The predicted octanol–water partition coefficient (Wildman–Crippen LogP) is 3.80. The summed E-state index contributed by atoms with van der Waals surface area (Å²) < 4.78 is 2.12. The van der Waals surface area contributed by atoms with E-state index in [0.29, 0.717) is 0 Å². The number of halogens is 2. The zero-order valence-corrected chi connectivity index (χ0v) is 10.7. The number of hydrogen-bond acceptors (Lipinski definition) is 2. The second kappa shape index (κ2) is 3.87. The molecule has 72 valence electrons. The second-order valence-electron chi connectivity index (χ2n) is 2.93. The Bertz CT molecular complexity index is 483. The summed E-state index contributed by atoms with van der Waals surface area (Å²) in [6, 6.07) is 6.10. The van der Waals surface area contributed by atoms with Gasteiger partial charge in [-0.15, -0.1) is 0 Å². The van der Waals surface area contributed by atoms with Gasteiger partial charge in [0.2, 0.25) is 0 Å². The van der Waals surface area contributed by atoms with Gasteiger partial charge in [0.25, 0.3) is 0 Å². The summed E-state index contributed by atoms with van der Waals surface area (Å²) in [6.45, 7) is 0. The molecule has 4 heteroatoms. The zero-order chi connectivity index (χ0) is 10.1. The van der Waals surface area contributed by atoms with Crippen LogP contribution in [0.5, 0.6) is 0 Å². The van der Waals surface area contributed by atoms with Gasteiger partial charge >= 0.3 is 0 Å². The van der Waals surface area contributed by atoms with Gasteiger partial charge in [0.05, 0.1) is 0 Å². The van der Waals surface area contributed by atoms with E-state index in [1.807, 2.05) is 31.4 Å². The topological polar surface area (TPSA) is 24.9 Å². The monoisotopic (exact) mass is 314 g/mol. The third-order valence-corrected chi connectivity index (χ3v) is 3.12. The number of aromatic nitrogens is 1. The highest BCUT2D eigenvalue weighted by molar-refractivity contribution is 9.11. The van der Waals surface area contributed by atoms with Crippen LogP contribution in [0, 0.1) is 0 Å². The second-order valence-corrected chi connectivity index (χ2v) is 4.70. The van der Waals surface area contributed by atoms with Gasteiger partial charge in [0, 0.05) is 33.0 Å². The molecule has 0 bridgehead atoms. The van der Waals surface area contributed by atoms with Crippen molar-refractivity contribution in [1.82, 2.24) is 4.98 Å². The number of nitrogens with zero attached hydrogens (tertiary/aromatic N) is 1. The minimum Gasteiger partial charge on any atom is -0.373 e. The van der Waals surface area contributed by atoms with Gasteiger partial charge in [-0.25, -0.2) is 4.98 Å². The Labute approximate surface area is 99.0 Å². The minimum absolute atomic E-state index is 0.875. The van der Waals surface area contributed by atoms with E-state index in [1.54, 1.807) is 0 Å². The Morgan fingerprint density at radius 1 is 1.21 bits per heavy atom. The lowest BCUT2D eigenvalue weighted by Crippen LogP contribution is -1.91. The van der Waals surface area contributed by atoms with Crippen molar-refractivity contribution in [3.63, 3.8) is 0 Å². The van der Waals surface area contributed by atoms with Crippen LogP contribution >= 0.6 is 31.9 Å². The maximum atomic E-state index is 4.25. The summed E-state index contributed by atoms with van der Waals surface area (Å²) >= 11 is 6.97. The molecule has 2 nitrogen and oxygen atoms in total. The Kier molecular flexibility index (Phi) is 2.74. The number of hydrogen-bond donors (Lipinski definition) is 1. The van der Waals surface area contributed by atoms with Crippen molar-refractivity contribution < 1.29 is 0 Å². The van der Waals surface area contributed by atoms with Crippen LogP contribution < -0.4 is 5.32 Å². The van der Waals surface area contributed by atoms with E-state index in [9.17, 15) is 0 Å². The van der Waals surface area contributed by atoms with Crippen molar-refractivity contribution in [1.29, 1.82) is 0 Å². The van der Waals surface area contributed by atoms with E-state index in [4.69, 9.17) is 0 Å². The fourth-order valence-electron chi connectivity index (χ4n) is 1.31. The number of pyridine rings is 1. The highest BCUT2D eigenvalue weighted by atomic mass is 79.9. The maximum absolute atomic E-state index is 4.25. The molecule has 2 rings (SSSR count). The van der Waals surface area contributed by atoms with Crippen LogP contribution in [-0.4, -0.2) is 12.0 Å². The molecule has 0 radical (unpaired) electrons. The van der Waals surface area contributed by atoms with Crippen LogP contribution in [0.1, 0.15) is 0 Å². The van der Waals surface area contributed by atoms with Gasteiger partial charge in [-0.3, -0.25) is 0 Å². The lowest BCUT2D eigenvalue weighted by atomic mass is 10.2. The number of benzene rings is 1. The first-order valence-corrected chi connectivity index (χ1v) is 5.72. The summed E-state index contributed by atoms with van der Waals surface area (Å²) in [5.41, 5.74) is 0. The standard InChI is InChI=1S/C10H8Br2N2/c1-13-10-4-8-6(5-14-10)2-7(11)3-9(8)12/h2-5H,1H3,(H,13,14). The van der Waals surface area contributed by atoms with E-state index in [0.717, 1.165) is 25.5 Å². The zero-order valence-electron chi connectivity index (χ0n) is 7.51. The molecule has 0 fully saturated rings. The number of anilines is 1. The van der Waals surface area contributed by atoms with Crippen molar-refractivity contribution in [2.24, 2.45) is 0 Å². The molecule has 0 aliphatic rings. The first kappa shape index (κ1) is 9.93. The van der Waals surface area contributed by atoms with Crippen LogP contribution in [-0.2, 0) is 0 Å². The number of nitrogens with one attached hydrogen (secondary N) is 1. The molecule has 14 heavy (non-hydrogen) atoms. The summed E-state index contributed by atoms with van der Waals surface area (Å²) in [6.07, 6.45) is 1.86. The Hall–Kier alpha value is -0.610. The molecule has 0 atom stereocenters. The molecule has 1 aromatic carbocycles. The van der Waals surface area contributed by atoms with E-state index >= 15 is 0 Å². The fraction of sp³-hybridized carbons (Fsp3) is 0.100. The summed E-state index contributed by atoms with van der Waals surface area (Å²) in [5, 5.41) is 5.29. The van der Waals surface area contributed by atoms with E-state index in [1.165, 1.54) is 0 Å². The molecule has 0 unspecified atom stereocenters. The highest BCUT2D eigenvalue weighted by Gasteiger charge is 2.02. The van der Waals surface area contributed by atoms with E-state index in [2.05, 4.69) is 42.2 Å². The number of rotatable bonds is 1. The lowest BCUT2D eigenvalue weighted by Gasteiger charge is -2.04. The van der Waals surface area contributed by atoms with Gasteiger partial charge in [-0.1, -0.05) is 31.9 Å². The molecule has 0 saturated carbocycles. The van der Waals surface area contributed by atoms with Crippen LogP contribution in [0.25, 0.3) is 10.8 Å². The summed E-state index contributed by atoms with van der Waals surface area (Å²) in [5.74, 6) is 0.875. The molecular formula is C10H8Br2N2. The van der Waals surface area contributed by atoms with Crippen molar-refractivity contribution >= 4 is 48.5 Å².